The van der Waals surface area contributed by atoms with Gasteiger partial charge >= 0.3 is 0 Å². The number of aromatic nitrogens is 2. The van der Waals surface area contributed by atoms with E-state index in [9.17, 15) is 0 Å². The average molecular weight is 295 g/mol. The number of nitrogens with two attached hydrogens (primary N) is 1. The van der Waals surface area contributed by atoms with Crippen LogP contribution in [0.15, 0.2) is 22.8 Å². The molecular weight excluding hydrogens is 280 g/mol. The summed E-state index contributed by atoms with van der Waals surface area (Å²) in [6, 6.07) is 5.92. The smallest absolute Gasteiger partial charge is 0.132 e. The molecule has 1 aliphatic rings. The van der Waals surface area contributed by atoms with Gasteiger partial charge in [0.05, 0.1) is 5.52 Å². The molecule has 3 rings (SSSR count). The molecule has 0 radical (unpaired) electrons. The summed E-state index contributed by atoms with van der Waals surface area (Å²) in [6.07, 6.45) is 1.15. The summed E-state index contributed by atoms with van der Waals surface area (Å²) < 4.78 is 2.95. The number of likely N-dealkylation sites (N-methyl/N-ethyl adjacent to an activating group) is 1. The van der Waals surface area contributed by atoms with Crippen LogP contribution in [-0.4, -0.2) is 34.4 Å². The molecule has 17 heavy (non-hydrogen) atoms. The van der Waals surface area contributed by atoms with E-state index in [2.05, 4.69) is 37.3 Å². The normalized spacial score (nSPS) is 21.4. The predicted molar refractivity (Wildman–Crippen MR) is 72.2 cm³/mol. The lowest BCUT2D eigenvalue weighted by Gasteiger charge is -2.10. The van der Waals surface area contributed by atoms with E-state index in [0.29, 0.717) is 5.92 Å². The van der Waals surface area contributed by atoms with Gasteiger partial charge in [0.15, 0.2) is 0 Å². The van der Waals surface area contributed by atoms with Crippen molar-refractivity contribution >= 4 is 27.3 Å². The molecule has 4 nitrogen and oxygen atoms in total. The van der Waals surface area contributed by atoms with Gasteiger partial charge in [-0.2, -0.15) is 0 Å². The zero-order valence-electron chi connectivity index (χ0n) is 9.73. The number of hydrogen-bond acceptors (Lipinski definition) is 3. The van der Waals surface area contributed by atoms with Crippen LogP contribution >= 0.6 is 15.9 Å². The van der Waals surface area contributed by atoms with Crippen LogP contribution in [0.25, 0.3) is 5.52 Å². The van der Waals surface area contributed by atoms with Crippen LogP contribution in [0.1, 0.15) is 18.2 Å². The van der Waals surface area contributed by atoms with Crippen LogP contribution in [0.2, 0.25) is 0 Å². The van der Waals surface area contributed by atoms with Crippen LogP contribution in [0.5, 0.6) is 0 Å². The number of hydrogen-bond donors (Lipinski definition) is 1. The fourth-order valence-electron chi connectivity index (χ4n) is 2.57. The van der Waals surface area contributed by atoms with E-state index in [1.54, 1.807) is 0 Å². The average Bonchev–Trinajstić information content (AvgIpc) is 2.85. The Morgan fingerprint density at radius 3 is 3.00 bits per heavy atom. The van der Waals surface area contributed by atoms with Crippen LogP contribution in [0.3, 0.4) is 0 Å². The van der Waals surface area contributed by atoms with Crippen molar-refractivity contribution in [2.45, 2.75) is 12.3 Å². The Hall–Kier alpha value is -1.07. The lowest BCUT2D eigenvalue weighted by molar-refractivity contribution is 0.409. The van der Waals surface area contributed by atoms with E-state index in [1.165, 1.54) is 0 Å². The highest BCUT2D eigenvalue weighted by molar-refractivity contribution is 9.10. The van der Waals surface area contributed by atoms with E-state index >= 15 is 0 Å². The predicted octanol–water partition coefficient (Wildman–Crippen LogP) is 2.10. The highest BCUT2D eigenvalue weighted by Crippen LogP contribution is 2.30. The summed E-state index contributed by atoms with van der Waals surface area (Å²) in [6.45, 7) is 2.18. The lowest BCUT2D eigenvalue weighted by atomic mass is 10.1. The number of likely N-dealkylation sites (tertiary alicyclic amines) is 1. The summed E-state index contributed by atoms with van der Waals surface area (Å²) in [5.74, 6) is 2.31. The number of halogens is 1. The molecular formula is C12H15BrN4. The first-order chi connectivity index (χ1) is 8.16. The molecule has 1 atom stereocenters. The summed E-state index contributed by atoms with van der Waals surface area (Å²) >= 11 is 3.51. The van der Waals surface area contributed by atoms with Crippen molar-refractivity contribution in [3.63, 3.8) is 0 Å². The molecule has 90 valence electrons. The molecule has 3 heterocycles. The number of fused-ring (bicyclic) bond motifs is 1. The summed E-state index contributed by atoms with van der Waals surface area (Å²) in [5, 5.41) is 0. The minimum Gasteiger partial charge on any atom is -0.385 e. The molecule has 5 heteroatoms. The molecule has 0 aromatic carbocycles. The van der Waals surface area contributed by atoms with Gasteiger partial charge in [-0.1, -0.05) is 6.07 Å². The first-order valence-corrected chi connectivity index (χ1v) is 6.57. The largest absolute Gasteiger partial charge is 0.385 e. The van der Waals surface area contributed by atoms with Crippen molar-refractivity contribution in [1.29, 1.82) is 0 Å². The molecule has 2 aromatic rings. The Kier molecular flexibility index (Phi) is 2.60. The van der Waals surface area contributed by atoms with Gasteiger partial charge < -0.3 is 10.6 Å². The third-order valence-corrected chi connectivity index (χ3v) is 4.01. The Labute approximate surface area is 109 Å². The Bertz CT molecular complexity index is 563. The van der Waals surface area contributed by atoms with Crippen molar-refractivity contribution in [2.24, 2.45) is 0 Å². The topological polar surface area (TPSA) is 46.6 Å². The highest BCUT2D eigenvalue weighted by atomic mass is 79.9. The Balaban J connectivity index is 2.16. The van der Waals surface area contributed by atoms with Gasteiger partial charge in [-0.05, 0) is 48.1 Å². The van der Waals surface area contributed by atoms with Crippen LogP contribution < -0.4 is 5.73 Å². The minimum atomic E-state index is 0.475. The van der Waals surface area contributed by atoms with E-state index in [1.807, 2.05) is 18.2 Å². The maximum atomic E-state index is 6.06. The first kappa shape index (κ1) is 11.0. The van der Waals surface area contributed by atoms with Gasteiger partial charge in [0.25, 0.3) is 0 Å². The van der Waals surface area contributed by atoms with E-state index in [0.717, 1.165) is 41.3 Å². The van der Waals surface area contributed by atoms with Crippen LogP contribution in [0.4, 0.5) is 5.82 Å². The lowest BCUT2D eigenvalue weighted by Crippen LogP contribution is -2.14. The molecule has 0 saturated carbocycles. The molecule has 0 amide bonds. The van der Waals surface area contributed by atoms with Crippen LogP contribution in [0, 0.1) is 0 Å². The van der Waals surface area contributed by atoms with E-state index < -0.39 is 0 Å². The standard InChI is InChI=1S/C12H15BrN4/c1-16-6-5-8(7-16)12-15-11(13)9-3-2-4-10(14)17(9)12/h2-4,8H,5-7,14H2,1H3. The molecule has 2 aromatic heterocycles. The second-order valence-corrected chi connectivity index (χ2v) is 5.43. The first-order valence-electron chi connectivity index (χ1n) is 5.77. The molecule has 0 bridgehead atoms. The van der Waals surface area contributed by atoms with Crippen molar-refractivity contribution in [1.82, 2.24) is 14.3 Å². The number of rotatable bonds is 1. The molecule has 2 N–H and O–H groups in total. The molecule has 1 unspecified atom stereocenters. The van der Waals surface area contributed by atoms with E-state index in [-0.39, 0.29) is 0 Å². The number of anilines is 1. The monoisotopic (exact) mass is 294 g/mol. The molecule has 1 fully saturated rings. The van der Waals surface area contributed by atoms with Gasteiger partial charge in [-0.15, -0.1) is 0 Å². The van der Waals surface area contributed by atoms with Gasteiger partial charge in [0.2, 0.25) is 0 Å². The molecule has 1 aliphatic heterocycles. The number of imidazole rings is 1. The highest BCUT2D eigenvalue weighted by Gasteiger charge is 2.26. The summed E-state index contributed by atoms with van der Waals surface area (Å²) in [4.78, 5) is 6.97. The molecule has 0 spiro atoms. The third-order valence-electron chi connectivity index (χ3n) is 3.43. The third kappa shape index (κ3) is 1.73. The number of pyridine rings is 1. The van der Waals surface area contributed by atoms with E-state index in [4.69, 9.17) is 5.73 Å². The van der Waals surface area contributed by atoms with Crippen LogP contribution in [-0.2, 0) is 0 Å². The Morgan fingerprint density at radius 2 is 2.29 bits per heavy atom. The van der Waals surface area contributed by atoms with Crippen molar-refractivity contribution in [3.05, 3.63) is 28.6 Å². The number of nitrogen functional groups attached to an aromatic ring is 1. The maximum absolute atomic E-state index is 6.06. The van der Waals surface area contributed by atoms with Gasteiger partial charge in [0, 0.05) is 12.5 Å². The maximum Gasteiger partial charge on any atom is 0.132 e. The molecule has 1 saturated heterocycles. The fraction of sp³-hybridized carbons (Fsp3) is 0.417. The van der Waals surface area contributed by atoms with Crippen molar-refractivity contribution < 1.29 is 0 Å². The zero-order valence-corrected chi connectivity index (χ0v) is 11.3. The van der Waals surface area contributed by atoms with Crippen molar-refractivity contribution in [2.75, 3.05) is 25.9 Å². The second kappa shape index (κ2) is 3.99. The summed E-state index contributed by atoms with van der Waals surface area (Å²) in [5.41, 5.74) is 7.11. The van der Waals surface area contributed by atoms with Gasteiger partial charge in [0.1, 0.15) is 16.2 Å². The quantitative estimate of drug-likeness (QED) is 0.876. The van der Waals surface area contributed by atoms with Gasteiger partial charge in [-0.3, -0.25) is 4.40 Å². The fourth-order valence-corrected chi connectivity index (χ4v) is 3.06. The van der Waals surface area contributed by atoms with Gasteiger partial charge in [-0.25, -0.2) is 4.98 Å². The SMILES string of the molecule is CN1CCC(c2nc(Br)c3cccc(N)n23)C1. The minimum absolute atomic E-state index is 0.475. The Morgan fingerprint density at radius 1 is 1.47 bits per heavy atom. The second-order valence-electron chi connectivity index (χ2n) is 4.68. The van der Waals surface area contributed by atoms with Crippen molar-refractivity contribution in [3.8, 4) is 0 Å². The number of nitrogens with zero attached hydrogens (tertiary/aromatic N) is 3. The zero-order chi connectivity index (χ0) is 12.0. The summed E-state index contributed by atoms with van der Waals surface area (Å²) in [7, 11) is 2.15. The molecule has 0 aliphatic carbocycles.